The van der Waals surface area contributed by atoms with E-state index in [2.05, 4.69) is 25.7 Å². The van der Waals surface area contributed by atoms with Crippen LogP contribution in [-0.2, 0) is 4.79 Å². The lowest BCUT2D eigenvalue weighted by molar-refractivity contribution is -0.113. The van der Waals surface area contributed by atoms with Crippen molar-refractivity contribution >= 4 is 40.7 Å². The van der Waals surface area contributed by atoms with Crippen LogP contribution in [0.2, 0.25) is 10.0 Å². The molecule has 1 aliphatic rings. The predicted molar refractivity (Wildman–Crippen MR) is 129 cm³/mol. The summed E-state index contributed by atoms with van der Waals surface area (Å²) in [6.45, 7) is 1.78. The van der Waals surface area contributed by atoms with Gasteiger partial charge in [-0.05, 0) is 55.0 Å². The van der Waals surface area contributed by atoms with Crippen LogP contribution in [0.25, 0.3) is 11.4 Å². The number of halogens is 3. The summed E-state index contributed by atoms with van der Waals surface area (Å²) in [7, 11) is 0. The van der Waals surface area contributed by atoms with E-state index >= 15 is 0 Å². The number of anilines is 2. The second-order valence-electron chi connectivity index (χ2n) is 7.65. The Morgan fingerprint density at radius 2 is 1.91 bits per heavy atom. The minimum absolute atomic E-state index is 0.343. The van der Waals surface area contributed by atoms with E-state index in [1.807, 2.05) is 0 Å². The minimum Gasteiger partial charge on any atom is -0.328 e. The molecule has 3 heterocycles. The molecule has 7 nitrogen and oxygen atoms in total. The molecule has 1 unspecified atom stereocenters. The van der Waals surface area contributed by atoms with E-state index < -0.39 is 6.04 Å². The molecule has 1 amide bonds. The van der Waals surface area contributed by atoms with Crippen LogP contribution in [0.4, 0.5) is 16.0 Å². The molecule has 2 aromatic carbocycles. The van der Waals surface area contributed by atoms with Crippen molar-refractivity contribution in [2.24, 2.45) is 0 Å². The molecule has 0 saturated heterocycles. The number of aromatic nitrogens is 4. The number of allylic oxidation sites excluding steroid dienone is 1. The number of pyridine rings is 1. The highest BCUT2D eigenvalue weighted by molar-refractivity contribution is 6.42. The summed E-state index contributed by atoms with van der Waals surface area (Å²) in [5, 5.41) is 11.5. The van der Waals surface area contributed by atoms with Gasteiger partial charge in [-0.15, -0.1) is 5.10 Å². The quantitative estimate of drug-likeness (QED) is 0.379. The normalized spacial score (nSPS) is 15.0. The number of fused-ring (bicyclic) bond motifs is 1. The Hall–Kier alpha value is -3.75. The first-order valence-corrected chi connectivity index (χ1v) is 11.0. The van der Waals surface area contributed by atoms with E-state index in [0.29, 0.717) is 49.9 Å². The molecule has 5 rings (SSSR count). The number of amides is 1. The van der Waals surface area contributed by atoms with Crippen molar-refractivity contribution in [3.63, 3.8) is 0 Å². The maximum absolute atomic E-state index is 13.7. The fourth-order valence-corrected chi connectivity index (χ4v) is 4.09. The number of benzene rings is 2. The van der Waals surface area contributed by atoms with Crippen molar-refractivity contribution in [1.29, 1.82) is 0 Å². The fourth-order valence-electron chi connectivity index (χ4n) is 3.79. The predicted octanol–water partition coefficient (Wildman–Crippen LogP) is 5.71. The molecule has 4 aromatic rings. The van der Waals surface area contributed by atoms with Crippen LogP contribution in [0.3, 0.4) is 0 Å². The van der Waals surface area contributed by atoms with Crippen molar-refractivity contribution in [2.45, 2.75) is 13.0 Å². The zero-order valence-electron chi connectivity index (χ0n) is 17.8. The molecule has 0 bridgehead atoms. The van der Waals surface area contributed by atoms with Gasteiger partial charge in [0, 0.05) is 17.5 Å². The van der Waals surface area contributed by atoms with Gasteiger partial charge < -0.3 is 10.6 Å². The summed E-state index contributed by atoms with van der Waals surface area (Å²) < 4.78 is 15.3. The maximum atomic E-state index is 13.7. The maximum Gasteiger partial charge on any atom is 0.255 e. The second-order valence-corrected chi connectivity index (χ2v) is 8.46. The lowest BCUT2D eigenvalue weighted by Gasteiger charge is -2.28. The Labute approximate surface area is 204 Å². The molecule has 34 heavy (non-hydrogen) atoms. The average Bonchev–Trinajstić information content (AvgIpc) is 3.24. The van der Waals surface area contributed by atoms with Gasteiger partial charge in [0.05, 0.1) is 27.5 Å². The summed E-state index contributed by atoms with van der Waals surface area (Å²) in [5.74, 6) is 0.111. The fraction of sp³-hybridized carbons (Fsp3) is 0.0833. The Morgan fingerprint density at radius 1 is 1.12 bits per heavy atom. The summed E-state index contributed by atoms with van der Waals surface area (Å²) in [6, 6.07) is 13.9. The van der Waals surface area contributed by atoms with Crippen LogP contribution >= 0.6 is 23.2 Å². The Bertz CT molecular complexity index is 1420. The first-order chi connectivity index (χ1) is 16.4. The van der Waals surface area contributed by atoms with E-state index in [-0.39, 0.29) is 11.7 Å². The van der Waals surface area contributed by atoms with Gasteiger partial charge in [0.2, 0.25) is 5.95 Å². The van der Waals surface area contributed by atoms with Gasteiger partial charge in [-0.25, -0.2) is 9.07 Å². The molecule has 170 valence electrons. The second kappa shape index (κ2) is 8.89. The number of nitrogens with one attached hydrogen (secondary N) is 2. The molecule has 0 radical (unpaired) electrons. The molecule has 2 N–H and O–H groups in total. The van der Waals surface area contributed by atoms with Gasteiger partial charge in [0.25, 0.3) is 5.91 Å². The Kier molecular flexibility index (Phi) is 5.77. The molecule has 1 atom stereocenters. The van der Waals surface area contributed by atoms with Crippen molar-refractivity contribution in [2.75, 3.05) is 10.6 Å². The first-order valence-electron chi connectivity index (χ1n) is 10.3. The van der Waals surface area contributed by atoms with E-state index in [1.54, 1.807) is 66.5 Å². The van der Waals surface area contributed by atoms with E-state index in [0.717, 1.165) is 0 Å². The van der Waals surface area contributed by atoms with Gasteiger partial charge in [-0.1, -0.05) is 35.3 Å². The molecular formula is C24H17Cl2FN6O. The number of hydrogen-bond donors (Lipinski definition) is 2. The van der Waals surface area contributed by atoms with Gasteiger partial charge in [-0.3, -0.25) is 9.78 Å². The molecule has 0 fully saturated rings. The number of rotatable bonds is 4. The van der Waals surface area contributed by atoms with Crippen LogP contribution in [-0.4, -0.2) is 25.7 Å². The third-order valence-electron chi connectivity index (χ3n) is 5.38. The summed E-state index contributed by atoms with van der Waals surface area (Å²) in [4.78, 5) is 22.0. The molecule has 0 aliphatic carbocycles. The third kappa shape index (κ3) is 4.13. The van der Waals surface area contributed by atoms with E-state index in [1.165, 1.54) is 12.1 Å². The van der Waals surface area contributed by atoms with Crippen molar-refractivity contribution < 1.29 is 9.18 Å². The van der Waals surface area contributed by atoms with Gasteiger partial charge >= 0.3 is 0 Å². The lowest BCUT2D eigenvalue weighted by atomic mass is 9.95. The van der Waals surface area contributed by atoms with Crippen LogP contribution in [0.15, 0.2) is 78.3 Å². The standard InChI is InChI=1S/C24H17Cl2FN6O/c1-13-20(23(34)30-17-3-2-10-28-12-17)21(14-4-7-16(27)8-5-14)33-24(29-13)31-22(32-33)15-6-9-18(25)19(26)11-15/h2-12,21H,1H3,(H,30,34)(H,29,31,32). The lowest BCUT2D eigenvalue weighted by Crippen LogP contribution is -2.31. The highest BCUT2D eigenvalue weighted by Gasteiger charge is 2.34. The van der Waals surface area contributed by atoms with Gasteiger partial charge in [0.15, 0.2) is 5.82 Å². The topological polar surface area (TPSA) is 84.7 Å². The van der Waals surface area contributed by atoms with Crippen LogP contribution in [0.1, 0.15) is 18.5 Å². The van der Waals surface area contributed by atoms with Crippen molar-refractivity contribution in [3.8, 4) is 11.4 Å². The number of carbonyl (C=O) groups is 1. The largest absolute Gasteiger partial charge is 0.328 e. The third-order valence-corrected chi connectivity index (χ3v) is 6.12. The number of carbonyl (C=O) groups excluding carboxylic acids is 1. The van der Waals surface area contributed by atoms with Crippen LogP contribution in [0, 0.1) is 5.82 Å². The van der Waals surface area contributed by atoms with Crippen LogP contribution < -0.4 is 10.6 Å². The first kappa shape index (κ1) is 22.1. The molecule has 1 aliphatic heterocycles. The molecular weight excluding hydrogens is 478 g/mol. The average molecular weight is 495 g/mol. The highest BCUT2D eigenvalue weighted by Crippen LogP contribution is 2.37. The number of hydrogen-bond acceptors (Lipinski definition) is 5. The van der Waals surface area contributed by atoms with Crippen molar-refractivity contribution in [3.05, 3.63) is 99.7 Å². The highest BCUT2D eigenvalue weighted by atomic mass is 35.5. The zero-order valence-corrected chi connectivity index (χ0v) is 19.3. The molecule has 0 saturated carbocycles. The zero-order chi connectivity index (χ0) is 23.8. The van der Waals surface area contributed by atoms with Gasteiger partial charge in [0.1, 0.15) is 11.9 Å². The Balaban J connectivity index is 1.60. The SMILES string of the molecule is CC1=C(C(=O)Nc2cccnc2)C(c2ccc(F)cc2)n2nc(-c3ccc(Cl)c(Cl)c3)nc2N1. The van der Waals surface area contributed by atoms with E-state index in [9.17, 15) is 9.18 Å². The monoisotopic (exact) mass is 494 g/mol. The summed E-state index contributed by atoms with van der Waals surface area (Å²) in [5.41, 5.74) is 2.89. The smallest absolute Gasteiger partial charge is 0.255 e. The van der Waals surface area contributed by atoms with E-state index in [4.69, 9.17) is 23.2 Å². The minimum atomic E-state index is -0.655. The van der Waals surface area contributed by atoms with Crippen molar-refractivity contribution in [1.82, 2.24) is 19.7 Å². The summed E-state index contributed by atoms with van der Waals surface area (Å²) >= 11 is 12.2. The molecule has 10 heteroatoms. The van der Waals surface area contributed by atoms with Crippen LogP contribution in [0.5, 0.6) is 0 Å². The number of nitrogens with zero attached hydrogens (tertiary/aromatic N) is 4. The van der Waals surface area contributed by atoms with Gasteiger partial charge in [-0.2, -0.15) is 4.98 Å². The molecule has 2 aromatic heterocycles. The molecule has 0 spiro atoms. The summed E-state index contributed by atoms with van der Waals surface area (Å²) in [6.07, 6.45) is 3.18. The Morgan fingerprint density at radius 3 is 2.62 bits per heavy atom.